The fourth-order valence-corrected chi connectivity index (χ4v) is 1.45. The van der Waals surface area contributed by atoms with Gasteiger partial charge < -0.3 is 0 Å². The minimum atomic E-state index is 0.750. The fourth-order valence-electron chi connectivity index (χ4n) is 1.45. The summed E-state index contributed by atoms with van der Waals surface area (Å²) in [4.78, 5) is 25.0. The molecule has 23 heavy (non-hydrogen) atoms. The Morgan fingerprint density at radius 3 is 1.09 bits per heavy atom. The average Bonchev–Trinajstić information content (AvgIpc) is 2.58. The molecule has 0 bridgehead atoms. The van der Waals surface area contributed by atoms with Crippen LogP contribution in [0.4, 0.5) is 0 Å². The third-order valence-electron chi connectivity index (χ3n) is 2.24. The van der Waals surface area contributed by atoms with E-state index in [1.54, 1.807) is 0 Å². The molecule has 0 saturated carbocycles. The van der Waals surface area contributed by atoms with Gasteiger partial charge in [-0.05, 0) is 16.7 Å². The summed E-state index contributed by atoms with van der Waals surface area (Å²) in [5, 5.41) is 16.2. The van der Waals surface area contributed by atoms with Crippen LogP contribution in [0.25, 0.3) is 5.57 Å². The van der Waals surface area contributed by atoms with Crippen LogP contribution in [0.5, 0.6) is 0 Å². The highest BCUT2D eigenvalue weighted by atomic mass is 16.1. The lowest BCUT2D eigenvalue weighted by atomic mass is 10.0. The molecule has 2 aromatic rings. The molecule has 0 atom stereocenters. The molecule has 0 radical (unpaired) electrons. The quantitative estimate of drug-likeness (QED) is 0.581. The molecule has 0 aliphatic rings. The summed E-state index contributed by atoms with van der Waals surface area (Å²) in [7, 11) is 0. The standard InChI is InChI=1S/C14H12.3CHNO/c1-12(13-8-4-2-5-9-13)14-10-6-3-7-11-14;3*2-1-3/h2-11H,1H2;3*2H. The van der Waals surface area contributed by atoms with Crippen molar-refractivity contribution in [1.29, 1.82) is 16.2 Å². The summed E-state index contributed by atoms with van der Waals surface area (Å²) in [6, 6.07) is 20.5. The Balaban J connectivity index is 0. The van der Waals surface area contributed by atoms with Crippen molar-refractivity contribution >= 4 is 23.8 Å². The Morgan fingerprint density at radius 1 is 0.652 bits per heavy atom. The van der Waals surface area contributed by atoms with Crippen LogP contribution in [0.2, 0.25) is 0 Å². The Kier molecular flexibility index (Phi) is 15.4. The molecule has 2 aromatic carbocycles. The molecule has 3 N–H and O–H groups in total. The molecule has 0 spiro atoms. The molecule has 0 heterocycles. The number of hydrogen-bond acceptors (Lipinski definition) is 6. The van der Waals surface area contributed by atoms with Gasteiger partial charge in [-0.15, -0.1) is 0 Å². The first kappa shape index (κ1) is 21.6. The molecule has 2 rings (SSSR count). The van der Waals surface area contributed by atoms with Crippen molar-refractivity contribution in [1.82, 2.24) is 0 Å². The normalized spacial score (nSPS) is 6.96. The average molecular weight is 309 g/mol. The highest BCUT2D eigenvalue weighted by Gasteiger charge is 1.99. The fraction of sp³-hybridized carbons (Fsp3) is 0. The lowest BCUT2D eigenvalue weighted by Crippen LogP contribution is -1.84. The first-order valence-electron chi connectivity index (χ1n) is 6.04. The van der Waals surface area contributed by atoms with Crippen LogP contribution in [-0.4, -0.2) is 18.2 Å². The van der Waals surface area contributed by atoms with E-state index < -0.39 is 0 Å². The zero-order valence-corrected chi connectivity index (χ0v) is 12.2. The van der Waals surface area contributed by atoms with Crippen LogP contribution >= 0.6 is 0 Å². The molecule has 6 nitrogen and oxygen atoms in total. The molecule has 0 amide bonds. The van der Waals surface area contributed by atoms with E-state index in [0.717, 1.165) is 23.8 Å². The van der Waals surface area contributed by atoms with Gasteiger partial charge in [0.25, 0.3) is 0 Å². The van der Waals surface area contributed by atoms with Crippen LogP contribution in [-0.2, 0) is 14.4 Å². The SMILES string of the molecule is C=C(c1ccccc1)c1ccccc1.N=C=O.N=C=O.N=C=O. The van der Waals surface area contributed by atoms with Crippen molar-refractivity contribution in [3.63, 3.8) is 0 Å². The molecule has 0 saturated heterocycles. The van der Waals surface area contributed by atoms with Crippen LogP contribution in [0.15, 0.2) is 67.2 Å². The Bertz CT molecular complexity index is 595. The molecule has 0 aliphatic carbocycles. The maximum Gasteiger partial charge on any atom is 0.231 e. The Labute approximate surface area is 133 Å². The maximum atomic E-state index is 8.35. The molecular weight excluding hydrogens is 294 g/mol. The summed E-state index contributed by atoms with van der Waals surface area (Å²) in [5.41, 5.74) is 3.43. The molecule has 116 valence electrons. The van der Waals surface area contributed by atoms with Crippen molar-refractivity contribution < 1.29 is 14.4 Å². The lowest BCUT2D eigenvalue weighted by Gasteiger charge is -2.04. The highest BCUT2D eigenvalue weighted by Crippen LogP contribution is 2.20. The van der Waals surface area contributed by atoms with Gasteiger partial charge in [0, 0.05) is 0 Å². The van der Waals surface area contributed by atoms with Crippen LogP contribution in [0.3, 0.4) is 0 Å². The van der Waals surface area contributed by atoms with Crippen LogP contribution < -0.4 is 0 Å². The third kappa shape index (κ3) is 11.8. The van der Waals surface area contributed by atoms with Crippen LogP contribution in [0, 0.1) is 16.2 Å². The van der Waals surface area contributed by atoms with E-state index in [9.17, 15) is 0 Å². The van der Waals surface area contributed by atoms with Crippen molar-refractivity contribution in [3.8, 4) is 0 Å². The summed E-state index contributed by atoms with van der Waals surface area (Å²) in [6.45, 7) is 4.10. The van der Waals surface area contributed by atoms with Gasteiger partial charge in [-0.25, -0.2) is 30.6 Å². The first-order chi connectivity index (χ1) is 11.1. The van der Waals surface area contributed by atoms with Gasteiger partial charge in [-0.3, -0.25) is 0 Å². The molecule has 0 aliphatic heterocycles. The summed E-state index contributed by atoms with van der Waals surface area (Å²) >= 11 is 0. The van der Waals surface area contributed by atoms with E-state index in [0.29, 0.717) is 0 Å². The maximum absolute atomic E-state index is 8.35. The molecular formula is C17H15N3O3. The van der Waals surface area contributed by atoms with E-state index >= 15 is 0 Å². The largest absolute Gasteiger partial charge is 0.231 e. The topological polar surface area (TPSA) is 123 Å². The Hall–Kier alpha value is -3.68. The van der Waals surface area contributed by atoms with Gasteiger partial charge in [0.2, 0.25) is 18.2 Å². The van der Waals surface area contributed by atoms with Gasteiger partial charge >= 0.3 is 0 Å². The smallest absolute Gasteiger partial charge is 0.222 e. The summed E-state index contributed by atoms with van der Waals surface area (Å²) < 4.78 is 0. The number of carbonyl (C=O) groups excluding carboxylic acids is 3. The monoisotopic (exact) mass is 309 g/mol. The number of nitrogens with one attached hydrogen (secondary N) is 3. The lowest BCUT2D eigenvalue weighted by molar-refractivity contribution is 0.562. The van der Waals surface area contributed by atoms with E-state index in [2.05, 4.69) is 30.8 Å². The van der Waals surface area contributed by atoms with Crippen molar-refractivity contribution in [2.24, 2.45) is 0 Å². The third-order valence-corrected chi connectivity index (χ3v) is 2.24. The van der Waals surface area contributed by atoms with Gasteiger partial charge in [0.15, 0.2) is 0 Å². The van der Waals surface area contributed by atoms with E-state index in [-0.39, 0.29) is 0 Å². The van der Waals surface area contributed by atoms with Crippen LogP contribution in [0.1, 0.15) is 11.1 Å². The van der Waals surface area contributed by atoms with Gasteiger partial charge in [0.1, 0.15) is 0 Å². The zero-order chi connectivity index (χ0) is 17.9. The first-order valence-corrected chi connectivity index (χ1v) is 6.04. The number of isocyanates is 3. The molecule has 0 unspecified atom stereocenters. The van der Waals surface area contributed by atoms with E-state index in [1.165, 1.54) is 11.1 Å². The second-order valence-electron chi connectivity index (χ2n) is 3.52. The predicted octanol–water partition coefficient (Wildman–Crippen LogP) is 3.45. The number of rotatable bonds is 2. The number of benzene rings is 2. The predicted molar refractivity (Wildman–Crippen MR) is 86.3 cm³/mol. The van der Waals surface area contributed by atoms with Gasteiger partial charge in [-0.1, -0.05) is 67.2 Å². The van der Waals surface area contributed by atoms with Crippen molar-refractivity contribution in [2.75, 3.05) is 0 Å². The van der Waals surface area contributed by atoms with Crippen molar-refractivity contribution in [2.45, 2.75) is 0 Å². The highest BCUT2D eigenvalue weighted by molar-refractivity contribution is 5.77. The minimum absolute atomic E-state index is 0.750. The second-order valence-corrected chi connectivity index (χ2v) is 3.52. The molecule has 0 aromatic heterocycles. The zero-order valence-electron chi connectivity index (χ0n) is 12.2. The number of hydrogen-bond donors (Lipinski definition) is 3. The molecule has 0 fully saturated rings. The van der Waals surface area contributed by atoms with Crippen molar-refractivity contribution in [3.05, 3.63) is 78.4 Å². The van der Waals surface area contributed by atoms with Gasteiger partial charge in [0.05, 0.1) is 0 Å². The molecule has 6 heteroatoms. The summed E-state index contributed by atoms with van der Waals surface area (Å²) in [5.74, 6) is 0. The van der Waals surface area contributed by atoms with E-state index in [1.807, 2.05) is 36.4 Å². The Morgan fingerprint density at radius 2 is 0.870 bits per heavy atom. The minimum Gasteiger partial charge on any atom is -0.222 e. The van der Waals surface area contributed by atoms with Gasteiger partial charge in [-0.2, -0.15) is 0 Å². The summed E-state index contributed by atoms with van der Waals surface area (Å²) in [6.07, 6.45) is 2.25. The van der Waals surface area contributed by atoms with E-state index in [4.69, 9.17) is 30.6 Å². The second kappa shape index (κ2) is 16.4.